The predicted molar refractivity (Wildman–Crippen MR) is 162 cm³/mol. The Morgan fingerprint density at radius 2 is 1.77 bits per heavy atom. The van der Waals surface area contributed by atoms with E-state index in [1.54, 1.807) is 44.4 Å². The van der Waals surface area contributed by atoms with E-state index in [-0.39, 0.29) is 35.8 Å². The average Bonchev–Trinajstić information content (AvgIpc) is 2.95. The number of halogens is 1. The van der Waals surface area contributed by atoms with Crippen LogP contribution >= 0.6 is 11.6 Å². The largest absolute Gasteiger partial charge is 0.508 e. The van der Waals surface area contributed by atoms with Crippen LogP contribution in [0.5, 0.6) is 5.75 Å². The summed E-state index contributed by atoms with van der Waals surface area (Å²) in [4.78, 5) is 53.0. The summed E-state index contributed by atoms with van der Waals surface area (Å²) in [7, 11) is 3.09. The standard InChI is InChI=1S/C31H33ClN4O8/c1-36(2)24-19-13-15-12-18-17(14-4-6-16(7-5-14)35-30(43)34-11-3-10-32)8-9-20(37)22(18)25(38)21(15)27(40)31(19,44)28(41)23(26(24)39)29(33)42/h4-9,15,19,24,37-38,41,44H,3,10-13H2,1-2H3,(H2,33,42)(H2,34,35,43)/t15-,19-,24?,31-/m0/s1. The van der Waals surface area contributed by atoms with Crippen LogP contribution in [-0.4, -0.2) is 87.0 Å². The molecule has 4 atom stereocenters. The lowest BCUT2D eigenvalue weighted by Crippen LogP contribution is -2.65. The topological polar surface area (TPSA) is 203 Å². The number of hydrogen-bond donors (Lipinski definition) is 7. The SMILES string of the molecule is CN(C)C1C(=O)C(C(N)=O)=C(O)[C@@]2(O)C(=O)C3=C(O)c4c(O)ccc(-c5ccc(NC(=O)NCCCCl)cc5)c4C[C@H]3C[C@@H]12. The third-order valence-electron chi connectivity index (χ3n) is 8.65. The summed E-state index contributed by atoms with van der Waals surface area (Å²) >= 11 is 5.64. The Labute approximate surface area is 257 Å². The van der Waals surface area contributed by atoms with Gasteiger partial charge >= 0.3 is 6.03 Å². The van der Waals surface area contributed by atoms with Gasteiger partial charge in [0.05, 0.1) is 11.6 Å². The number of Topliss-reactive ketones (excluding diaryl/α,β-unsaturated/α-hetero) is 2. The Bertz CT molecular complexity index is 1630. The number of hydrogen-bond acceptors (Lipinski definition) is 9. The van der Waals surface area contributed by atoms with Crippen LogP contribution in [0.25, 0.3) is 16.9 Å². The summed E-state index contributed by atoms with van der Waals surface area (Å²) in [6.07, 6.45) is 0.775. The van der Waals surface area contributed by atoms with Crippen LogP contribution in [-0.2, 0) is 20.8 Å². The number of nitrogens with zero attached hydrogens (tertiary/aromatic N) is 1. The molecule has 0 aromatic heterocycles. The second-order valence-electron chi connectivity index (χ2n) is 11.4. The van der Waals surface area contributed by atoms with E-state index in [9.17, 15) is 39.6 Å². The molecule has 232 valence electrons. The minimum absolute atomic E-state index is 0.000315. The van der Waals surface area contributed by atoms with Crippen molar-refractivity contribution in [3.8, 4) is 16.9 Å². The average molecular weight is 625 g/mol. The Hall–Kier alpha value is -4.39. The number of primary amides is 1. The van der Waals surface area contributed by atoms with Gasteiger partial charge < -0.3 is 36.8 Å². The fraction of sp³-hybridized carbons (Fsp3) is 0.355. The number of anilines is 1. The van der Waals surface area contributed by atoms with Crippen molar-refractivity contribution >= 4 is 46.6 Å². The van der Waals surface area contributed by atoms with Gasteiger partial charge in [-0.2, -0.15) is 0 Å². The van der Waals surface area contributed by atoms with Gasteiger partial charge in [-0.3, -0.25) is 19.3 Å². The Morgan fingerprint density at radius 3 is 2.39 bits per heavy atom. The summed E-state index contributed by atoms with van der Waals surface area (Å²) in [5, 5.41) is 50.4. The second kappa shape index (κ2) is 11.6. The third kappa shape index (κ3) is 4.88. The van der Waals surface area contributed by atoms with Crippen molar-refractivity contribution in [1.29, 1.82) is 0 Å². The minimum atomic E-state index is -2.70. The number of phenolic OH excluding ortho intramolecular Hbond substituents is 1. The number of nitrogens with one attached hydrogen (secondary N) is 2. The van der Waals surface area contributed by atoms with Crippen LogP contribution in [0, 0.1) is 11.8 Å². The molecule has 1 fully saturated rings. The zero-order valence-electron chi connectivity index (χ0n) is 24.1. The van der Waals surface area contributed by atoms with Crippen molar-refractivity contribution in [2.45, 2.75) is 30.9 Å². The number of likely N-dealkylation sites (N-methyl/N-ethyl adjacent to an activating group) is 1. The number of rotatable bonds is 7. The van der Waals surface area contributed by atoms with E-state index in [0.717, 1.165) is 0 Å². The molecule has 2 aromatic rings. The molecule has 2 aromatic carbocycles. The fourth-order valence-electron chi connectivity index (χ4n) is 6.69. The van der Waals surface area contributed by atoms with E-state index >= 15 is 0 Å². The van der Waals surface area contributed by atoms with Gasteiger partial charge in [-0.15, -0.1) is 11.6 Å². The van der Waals surface area contributed by atoms with E-state index < -0.39 is 58.0 Å². The zero-order chi connectivity index (χ0) is 32.1. The maximum Gasteiger partial charge on any atom is 0.319 e. The normalized spacial score (nSPS) is 24.5. The molecular weight excluding hydrogens is 592 g/mol. The van der Waals surface area contributed by atoms with Gasteiger partial charge in [0.2, 0.25) is 5.78 Å². The number of alkyl halides is 1. The van der Waals surface area contributed by atoms with Crippen molar-refractivity contribution in [3.05, 3.63) is 64.4 Å². The Morgan fingerprint density at radius 1 is 1.09 bits per heavy atom. The van der Waals surface area contributed by atoms with Crippen LogP contribution < -0.4 is 16.4 Å². The molecule has 3 aliphatic rings. The van der Waals surface area contributed by atoms with E-state index in [1.165, 1.54) is 11.0 Å². The van der Waals surface area contributed by atoms with Crippen molar-refractivity contribution in [2.24, 2.45) is 17.6 Å². The molecule has 0 spiro atoms. The van der Waals surface area contributed by atoms with Crippen molar-refractivity contribution < 1.29 is 39.6 Å². The van der Waals surface area contributed by atoms with Crippen LogP contribution in [0.4, 0.5) is 10.5 Å². The monoisotopic (exact) mass is 624 g/mol. The van der Waals surface area contributed by atoms with E-state index in [4.69, 9.17) is 17.3 Å². The molecule has 44 heavy (non-hydrogen) atoms. The zero-order valence-corrected chi connectivity index (χ0v) is 24.8. The highest BCUT2D eigenvalue weighted by Gasteiger charge is 2.64. The van der Waals surface area contributed by atoms with Crippen molar-refractivity contribution in [1.82, 2.24) is 10.2 Å². The first-order valence-electron chi connectivity index (χ1n) is 14.0. The summed E-state index contributed by atoms with van der Waals surface area (Å²) in [5.74, 6) is -6.59. The molecule has 1 saturated carbocycles. The number of carbonyl (C=O) groups excluding carboxylic acids is 4. The molecule has 0 saturated heterocycles. The summed E-state index contributed by atoms with van der Waals surface area (Å²) < 4.78 is 0. The molecule has 0 aliphatic heterocycles. The minimum Gasteiger partial charge on any atom is -0.508 e. The molecule has 0 bridgehead atoms. The summed E-state index contributed by atoms with van der Waals surface area (Å²) in [6.45, 7) is 0.430. The summed E-state index contributed by atoms with van der Waals surface area (Å²) in [5.41, 5.74) is 4.02. The van der Waals surface area contributed by atoms with Crippen LogP contribution in [0.15, 0.2) is 53.3 Å². The van der Waals surface area contributed by atoms with Crippen molar-refractivity contribution in [2.75, 3.05) is 31.8 Å². The molecule has 1 unspecified atom stereocenters. The lowest BCUT2D eigenvalue weighted by atomic mass is 9.57. The third-order valence-corrected chi connectivity index (χ3v) is 8.92. The fourth-order valence-corrected chi connectivity index (χ4v) is 6.83. The molecule has 0 radical (unpaired) electrons. The molecule has 8 N–H and O–H groups in total. The van der Waals surface area contributed by atoms with Gasteiger partial charge in [-0.25, -0.2) is 4.79 Å². The lowest BCUT2D eigenvalue weighted by Gasteiger charge is -2.50. The highest BCUT2D eigenvalue weighted by atomic mass is 35.5. The first-order valence-corrected chi connectivity index (χ1v) is 14.6. The predicted octanol–water partition coefficient (Wildman–Crippen LogP) is 2.38. The highest BCUT2D eigenvalue weighted by molar-refractivity contribution is 6.24. The Balaban J connectivity index is 1.56. The number of phenols is 1. The number of benzene rings is 2. The van der Waals surface area contributed by atoms with Gasteiger partial charge in [0, 0.05) is 29.6 Å². The van der Waals surface area contributed by atoms with Gasteiger partial charge in [-0.05, 0) is 74.2 Å². The first-order chi connectivity index (χ1) is 20.8. The van der Waals surface area contributed by atoms with E-state index in [2.05, 4.69) is 10.6 Å². The van der Waals surface area contributed by atoms with Gasteiger partial charge in [0.1, 0.15) is 22.8 Å². The number of urea groups is 1. The molecule has 5 rings (SSSR count). The van der Waals surface area contributed by atoms with E-state index in [0.29, 0.717) is 41.2 Å². The second-order valence-corrected chi connectivity index (χ2v) is 11.8. The molecule has 12 nitrogen and oxygen atoms in total. The number of aromatic hydroxyl groups is 1. The number of aliphatic hydroxyl groups is 3. The quantitative estimate of drug-likeness (QED) is 0.137. The smallest absolute Gasteiger partial charge is 0.319 e. The maximum atomic E-state index is 14.0. The van der Waals surface area contributed by atoms with Crippen molar-refractivity contribution in [3.63, 3.8) is 0 Å². The number of ketones is 2. The van der Waals surface area contributed by atoms with E-state index in [1.807, 2.05) is 0 Å². The Kier molecular flexibility index (Phi) is 8.19. The first kappa shape index (κ1) is 31.0. The molecule has 13 heteroatoms. The number of nitrogens with two attached hydrogens (primary N) is 1. The maximum absolute atomic E-state index is 14.0. The number of carbonyl (C=O) groups is 4. The number of fused-ring (bicyclic) bond motifs is 3. The summed E-state index contributed by atoms with van der Waals surface area (Å²) in [6, 6.07) is 8.43. The molecular formula is C31H33ClN4O8. The van der Waals surface area contributed by atoms with Gasteiger partial charge in [0.25, 0.3) is 5.91 Å². The number of aliphatic hydroxyl groups excluding tert-OH is 2. The van der Waals surface area contributed by atoms with Gasteiger partial charge in [0.15, 0.2) is 11.4 Å². The van der Waals surface area contributed by atoms with Crippen LogP contribution in [0.3, 0.4) is 0 Å². The lowest BCUT2D eigenvalue weighted by molar-refractivity contribution is -0.153. The van der Waals surface area contributed by atoms with Crippen LogP contribution in [0.1, 0.15) is 24.0 Å². The molecule has 3 amide bonds. The number of amides is 3. The van der Waals surface area contributed by atoms with Gasteiger partial charge in [-0.1, -0.05) is 18.2 Å². The van der Waals surface area contributed by atoms with Crippen LogP contribution in [0.2, 0.25) is 0 Å². The molecule has 0 heterocycles. The highest BCUT2D eigenvalue weighted by Crippen LogP contribution is 2.53. The molecule has 3 aliphatic carbocycles.